The molecule has 98 valence electrons. The number of aromatic nitrogens is 1. The summed E-state index contributed by atoms with van der Waals surface area (Å²) in [6.45, 7) is 0.836. The molecule has 0 N–H and O–H groups in total. The van der Waals surface area contributed by atoms with Crippen molar-refractivity contribution in [2.75, 3.05) is 18.0 Å². The number of piperidine rings is 1. The zero-order valence-corrected chi connectivity index (χ0v) is 10.4. The summed E-state index contributed by atoms with van der Waals surface area (Å²) < 4.78 is 40.1. The van der Waals surface area contributed by atoms with Crippen molar-refractivity contribution in [3.8, 4) is 0 Å². The minimum atomic E-state index is -2.52. The van der Waals surface area contributed by atoms with Crippen molar-refractivity contribution in [2.45, 2.75) is 25.2 Å². The van der Waals surface area contributed by atoms with Gasteiger partial charge in [-0.2, -0.15) is 0 Å². The molecule has 1 aliphatic heterocycles. The molecule has 1 saturated heterocycles. The summed E-state index contributed by atoms with van der Waals surface area (Å²) in [5, 5.41) is 0.235. The highest BCUT2D eigenvalue weighted by molar-refractivity contribution is 6.30. The van der Waals surface area contributed by atoms with E-state index in [-0.39, 0.29) is 17.3 Å². The molecule has 3 rings (SSSR count). The molecule has 0 bridgehead atoms. The normalized spacial score (nSPS) is 24.3. The fourth-order valence-electron chi connectivity index (χ4n) is 2.71. The number of hydrogen-bond donors (Lipinski definition) is 0. The molecule has 0 radical (unpaired) electrons. The van der Waals surface area contributed by atoms with Crippen LogP contribution < -0.4 is 4.90 Å². The second-order valence-electron chi connectivity index (χ2n) is 5.11. The SMILES string of the molecule is Fc1cc(Cl)cnc1N1CCC2(CC1)CC2(F)F. The van der Waals surface area contributed by atoms with Crippen molar-refractivity contribution in [3.63, 3.8) is 0 Å². The summed E-state index contributed by atoms with van der Waals surface area (Å²) in [5.74, 6) is -2.82. The van der Waals surface area contributed by atoms with Crippen LogP contribution in [0.3, 0.4) is 0 Å². The van der Waals surface area contributed by atoms with Gasteiger partial charge >= 0.3 is 0 Å². The topological polar surface area (TPSA) is 16.1 Å². The van der Waals surface area contributed by atoms with Crippen LogP contribution >= 0.6 is 11.6 Å². The molecule has 0 amide bonds. The van der Waals surface area contributed by atoms with Gasteiger partial charge in [0.2, 0.25) is 0 Å². The molecule has 2 fully saturated rings. The summed E-state index contributed by atoms with van der Waals surface area (Å²) in [6, 6.07) is 1.19. The van der Waals surface area contributed by atoms with Crippen LogP contribution in [0, 0.1) is 11.2 Å². The third-order valence-corrected chi connectivity index (χ3v) is 4.23. The number of nitrogens with zero attached hydrogens (tertiary/aromatic N) is 2. The van der Waals surface area contributed by atoms with Crippen molar-refractivity contribution in [1.82, 2.24) is 4.98 Å². The molecule has 6 heteroatoms. The van der Waals surface area contributed by atoms with Gasteiger partial charge in [0.05, 0.1) is 5.02 Å². The van der Waals surface area contributed by atoms with Crippen molar-refractivity contribution in [2.24, 2.45) is 5.41 Å². The molecule has 0 aromatic carbocycles. The van der Waals surface area contributed by atoms with Crippen LogP contribution in [0.4, 0.5) is 19.0 Å². The van der Waals surface area contributed by atoms with Gasteiger partial charge in [-0.3, -0.25) is 0 Å². The lowest BCUT2D eigenvalue weighted by molar-refractivity contribution is 0.0536. The Kier molecular flexibility index (Phi) is 2.52. The minimum absolute atomic E-state index is 0.0234. The fourth-order valence-corrected chi connectivity index (χ4v) is 2.85. The Morgan fingerprint density at radius 2 is 1.89 bits per heavy atom. The smallest absolute Gasteiger partial charge is 0.254 e. The van der Waals surface area contributed by atoms with E-state index in [0.717, 1.165) is 0 Å². The molecule has 2 nitrogen and oxygen atoms in total. The van der Waals surface area contributed by atoms with Gasteiger partial charge in [0, 0.05) is 31.1 Å². The first-order valence-electron chi connectivity index (χ1n) is 5.87. The predicted octanol–water partition coefficient (Wildman–Crippen LogP) is 3.50. The molecule has 1 aliphatic carbocycles. The number of halogens is 4. The Labute approximate surface area is 108 Å². The first-order chi connectivity index (χ1) is 8.44. The van der Waals surface area contributed by atoms with Crippen LogP contribution in [0.5, 0.6) is 0 Å². The maximum absolute atomic E-state index is 13.7. The van der Waals surface area contributed by atoms with Crippen LogP contribution in [0.2, 0.25) is 5.02 Å². The summed E-state index contributed by atoms with van der Waals surface area (Å²) in [6.07, 6.45) is 2.13. The van der Waals surface area contributed by atoms with E-state index in [1.54, 1.807) is 4.90 Å². The highest BCUT2D eigenvalue weighted by Gasteiger charge is 2.70. The van der Waals surface area contributed by atoms with E-state index in [2.05, 4.69) is 4.98 Å². The van der Waals surface area contributed by atoms with Crippen LogP contribution in [-0.2, 0) is 0 Å². The zero-order valence-electron chi connectivity index (χ0n) is 9.60. The highest BCUT2D eigenvalue weighted by Crippen LogP contribution is 2.65. The molecular formula is C12H12ClF3N2. The molecule has 2 heterocycles. The van der Waals surface area contributed by atoms with Gasteiger partial charge in [-0.1, -0.05) is 11.6 Å². The van der Waals surface area contributed by atoms with Crippen LogP contribution in [-0.4, -0.2) is 24.0 Å². The van der Waals surface area contributed by atoms with Crippen LogP contribution in [0.1, 0.15) is 19.3 Å². The highest BCUT2D eigenvalue weighted by atomic mass is 35.5. The molecule has 1 aromatic rings. The molecule has 0 atom stereocenters. The average molecular weight is 277 g/mol. The first-order valence-corrected chi connectivity index (χ1v) is 6.25. The standard InChI is InChI=1S/C12H12ClF3N2/c13-8-5-9(14)10(17-6-8)18-3-1-11(2-4-18)7-12(11,15)16/h5-6H,1-4,7H2. The molecule has 1 saturated carbocycles. The van der Waals surface area contributed by atoms with Gasteiger partial charge in [-0.15, -0.1) is 0 Å². The predicted molar refractivity (Wildman–Crippen MR) is 62.6 cm³/mol. The van der Waals surface area contributed by atoms with Crippen LogP contribution in [0.25, 0.3) is 0 Å². The van der Waals surface area contributed by atoms with Crippen molar-refractivity contribution < 1.29 is 13.2 Å². The lowest BCUT2D eigenvalue weighted by Crippen LogP contribution is -2.37. The first kappa shape index (κ1) is 12.1. The lowest BCUT2D eigenvalue weighted by Gasteiger charge is -2.33. The maximum atomic E-state index is 13.7. The zero-order chi connectivity index (χ0) is 13.0. The van der Waals surface area contributed by atoms with Crippen molar-refractivity contribution in [3.05, 3.63) is 23.1 Å². The number of alkyl halides is 2. The van der Waals surface area contributed by atoms with E-state index < -0.39 is 17.2 Å². The summed E-state index contributed by atoms with van der Waals surface area (Å²) in [5.41, 5.74) is -0.827. The van der Waals surface area contributed by atoms with Crippen molar-refractivity contribution >= 4 is 17.4 Å². The Hall–Kier alpha value is -0.970. The molecule has 18 heavy (non-hydrogen) atoms. The van der Waals surface area contributed by atoms with Crippen LogP contribution in [0.15, 0.2) is 12.3 Å². The third-order valence-electron chi connectivity index (χ3n) is 4.02. The average Bonchev–Trinajstić information content (AvgIpc) is 2.82. The Morgan fingerprint density at radius 1 is 1.28 bits per heavy atom. The van der Waals surface area contributed by atoms with E-state index in [9.17, 15) is 13.2 Å². The Bertz CT molecular complexity index is 484. The van der Waals surface area contributed by atoms with Gasteiger partial charge in [0.25, 0.3) is 5.92 Å². The maximum Gasteiger partial charge on any atom is 0.254 e. The second-order valence-corrected chi connectivity index (χ2v) is 5.54. The van der Waals surface area contributed by atoms with E-state index >= 15 is 0 Å². The molecule has 1 aromatic heterocycles. The Balaban J connectivity index is 1.73. The molecule has 0 unspecified atom stereocenters. The number of hydrogen-bond acceptors (Lipinski definition) is 2. The lowest BCUT2D eigenvalue weighted by atomic mass is 9.93. The number of anilines is 1. The Morgan fingerprint density at radius 3 is 2.39 bits per heavy atom. The van der Waals surface area contributed by atoms with Gasteiger partial charge in [0.15, 0.2) is 11.6 Å². The fraction of sp³-hybridized carbons (Fsp3) is 0.583. The quantitative estimate of drug-likeness (QED) is 0.780. The van der Waals surface area contributed by atoms with E-state index in [1.807, 2.05) is 0 Å². The summed E-state index contributed by atoms with van der Waals surface area (Å²) >= 11 is 5.63. The van der Waals surface area contributed by atoms with E-state index in [0.29, 0.717) is 25.9 Å². The van der Waals surface area contributed by atoms with Gasteiger partial charge in [0.1, 0.15) is 0 Å². The number of pyridine rings is 1. The minimum Gasteiger partial charge on any atom is -0.354 e. The molecule has 2 aliphatic rings. The van der Waals surface area contributed by atoms with E-state index in [4.69, 9.17) is 11.6 Å². The third kappa shape index (κ3) is 1.76. The van der Waals surface area contributed by atoms with Gasteiger partial charge in [-0.25, -0.2) is 18.2 Å². The molecular weight excluding hydrogens is 265 g/mol. The van der Waals surface area contributed by atoms with Gasteiger partial charge < -0.3 is 4.90 Å². The summed E-state index contributed by atoms with van der Waals surface area (Å²) in [4.78, 5) is 5.65. The number of rotatable bonds is 1. The van der Waals surface area contributed by atoms with E-state index in [1.165, 1.54) is 12.3 Å². The largest absolute Gasteiger partial charge is 0.354 e. The summed E-state index contributed by atoms with van der Waals surface area (Å²) in [7, 11) is 0. The molecule has 1 spiro atoms. The second kappa shape index (κ2) is 3.76. The monoisotopic (exact) mass is 276 g/mol. The van der Waals surface area contributed by atoms with Crippen molar-refractivity contribution in [1.29, 1.82) is 0 Å². The van der Waals surface area contributed by atoms with Gasteiger partial charge in [-0.05, 0) is 18.9 Å².